The Labute approximate surface area is 116 Å². The van der Waals surface area contributed by atoms with Crippen LogP contribution in [0.2, 0.25) is 0 Å². The summed E-state index contributed by atoms with van der Waals surface area (Å²) < 4.78 is 14.9. The summed E-state index contributed by atoms with van der Waals surface area (Å²) in [7, 11) is -4.31. The van der Waals surface area contributed by atoms with E-state index in [1.54, 1.807) is 13.8 Å². The maximum Gasteiger partial charge on any atom is 0.434 e. The number of amides is 1. The minimum Gasteiger partial charge on any atom is -0.477 e. The Balaban J connectivity index is 0. The molecule has 20 heavy (non-hydrogen) atoms. The van der Waals surface area contributed by atoms with Gasteiger partial charge in [-0.3, -0.25) is 4.57 Å². The van der Waals surface area contributed by atoms with Gasteiger partial charge in [0.1, 0.15) is 5.71 Å². The molecule has 0 radical (unpaired) electrons. The van der Waals surface area contributed by atoms with Gasteiger partial charge >= 0.3 is 19.7 Å². The van der Waals surface area contributed by atoms with Crippen LogP contribution in [-0.4, -0.2) is 56.6 Å². The van der Waals surface area contributed by atoms with Gasteiger partial charge in [0.05, 0.1) is 12.8 Å². The summed E-state index contributed by atoms with van der Waals surface area (Å²) in [6.07, 6.45) is -2.44. The Morgan fingerprint density at radius 1 is 1.30 bits per heavy atom. The van der Waals surface area contributed by atoms with Gasteiger partial charge in [0.15, 0.2) is 0 Å². The number of rotatable bonds is 5. The molecule has 0 saturated carbocycles. The molecule has 1 amide bonds. The molecule has 0 bridgehead atoms. The standard InChI is InChI=1S/C7H12NO7P.C3H8O/c1-2-15-7(11)8-5(6(9)10)3-4-16(12,13)14;1-3(2)4/h2-4H2,1H3,(H,9,10)(H2,12,13,14);3-4H,1-2H3. The molecule has 0 aromatic heterocycles. The molecule has 0 aliphatic rings. The van der Waals surface area contributed by atoms with E-state index in [9.17, 15) is 14.2 Å². The Kier molecular flexibility index (Phi) is 11.0. The fourth-order valence-electron chi connectivity index (χ4n) is 0.728. The van der Waals surface area contributed by atoms with Gasteiger partial charge in [0.2, 0.25) is 0 Å². The summed E-state index contributed by atoms with van der Waals surface area (Å²) in [6.45, 7) is 5.00. The molecule has 10 heteroatoms. The number of nitrogens with zero attached hydrogens (tertiary/aromatic N) is 1. The fourth-order valence-corrected chi connectivity index (χ4v) is 1.23. The first-order valence-corrected chi connectivity index (χ1v) is 7.49. The highest BCUT2D eigenvalue weighted by atomic mass is 31.2. The van der Waals surface area contributed by atoms with Crippen LogP contribution in [0.4, 0.5) is 4.79 Å². The Bertz CT molecular complexity index is 384. The smallest absolute Gasteiger partial charge is 0.434 e. The van der Waals surface area contributed by atoms with E-state index in [1.807, 2.05) is 0 Å². The zero-order chi connectivity index (χ0) is 16.3. The quantitative estimate of drug-likeness (QED) is 0.425. The van der Waals surface area contributed by atoms with Crippen molar-refractivity contribution in [2.45, 2.75) is 33.3 Å². The highest BCUT2D eigenvalue weighted by molar-refractivity contribution is 7.51. The van der Waals surface area contributed by atoms with Gasteiger partial charge in [-0.1, -0.05) is 0 Å². The lowest BCUT2D eigenvalue weighted by atomic mass is 10.3. The summed E-state index contributed by atoms with van der Waals surface area (Å²) in [5, 5.41) is 16.7. The second kappa shape index (κ2) is 10.5. The zero-order valence-corrected chi connectivity index (χ0v) is 12.4. The van der Waals surface area contributed by atoms with Gasteiger partial charge in [0.25, 0.3) is 0 Å². The Hall–Kier alpha value is -1.28. The van der Waals surface area contributed by atoms with Crippen LogP contribution in [-0.2, 0) is 14.1 Å². The van der Waals surface area contributed by atoms with Crippen molar-refractivity contribution in [2.24, 2.45) is 4.99 Å². The van der Waals surface area contributed by atoms with Gasteiger partial charge in [-0.05, 0) is 20.8 Å². The third-order valence-corrected chi connectivity index (χ3v) is 2.19. The number of carbonyl (C=O) groups is 2. The highest BCUT2D eigenvalue weighted by Gasteiger charge is 2.19. The number of hydrogen-bond donors (Lipinski definition) is 4. The van der Waals surface area contributed by atoms with Gasteiger partial charge in [-0.15, -0.1) is 0 Å². The monoisotopic (exact) mass is 313 g/mol. The van der Waals surface area contributed by atoms with Gasteiger partial charge < -0.3 is 24.7 Å². The van der Waals surface area contributed by atoms with Crippen molar-refractivity contribution in [1.82, 2.24) is 0 Å². The number of aliphatic hydroxyl groups is 1. The molecule has 0 spiro atoms. The molecule has 4 N–H and O–H groups in total. The SMILES string of the molecule is CC(C)O.CCOC(=O)N=C(CCP(=O)(O)O)C(=O)O. The second-order valence-electron chi connectivity index (χ2n) is 3.79. The first-order valence-electron chi connectivity index (χ1n) is 5.69. The van der Waals surface area contributed by atoms with Crippen LogP contribution in [0, 0.1) is 0 Å². The molecule has 118 valence electrons. The predicted octanol–water partition coefficient (Wildman–Crippen LogP) is 0.623. The number of carboxylic acids is 1. The van der Waals surface area contributed by atoms with Crippen molar-refractivity contribution in [3.05, 3.63) is 0 Å². The molecule has 0 aromatic rings. The number of ether oxygens (including phenoxy) is 1. The molecular weight excluding hydrogens is 293 g/mol. The summed E-state index contributed by atoms with van der Waals surface area (Å²) in [5.41, 5.74) is -0.637. The van der Waals surface area contributed by atoms with Crippen molar-refractivity contribution in [2.75, 3.05) is 12.8 Å². The third-order valence-electron chi connectivity index (χ3n) is 1.38. The lowest BCUT2D eigenvalue weighted by Crippen LogP contribution is -2.17. The van der Waals surface area contributed by atoms with E-state index in [0.29, 0.717) is 0 Å². The minimum absolute atomic E-state index is 0.0354. The molecule has 0 aliphatic heterocycles. The van der Waals surface area contributed by atoms with Gasteiger partial charge in [-0.25, -0.2) is 9.59 Å². The van der Waals surface area contributed by atoms with Crippen molar-refractivity contribution in [3.63, 3.8) is 0 Å². The molecule has 0 rings (SSSR count). The minimum atomic E-state index is -4.31. The third kappa shape index (κ3) is 16.7. The first kappa shape index (κ1) is 21.0. The number of aliphatic hydroxyl groups excluding tert-OH is 1. The number of aliphatic carboxylic acids is 1. The summed E-state index contributed by atoms with van der Waals surface area (Å²) in [5.74, 6) is -1.51. The average molecular weight is 313 g/mol. The maximum absolute atomic E-state index is 10.8. The summed E-state index contributed by atoms with van der Waals surface area (Å²) in [6, 6.07) is 0. The zero-order valence-electron chi connectivity index (χ0n) is 11.5. The maximum atomic E-state index is 10.8. The molecular formula is C10H20NO8P. The van der Waals surface area contributed by atoms with Crippen LogP contribution < -0.4 is 0 Å². The van der Waals surface area contributed by atoms with Crippen LogP contribution >= 0.6 is 7.60 Å². The molecule has 0 unspecified atom stereocenters. The van der Waals surface area contributed by atoms with E-state index in [-0.39, 0.29) is 12.7 Å². The highest BCUT2D eigenvalue weighted by Crippen LogP contribution is 2.34. The first-order chi connectivity index (χ1) is 8.99. The number of hydrogen-bond acceptors (Lipinski definition) is 5. The van der Waals surface area contributed by atoms with E-state index >= 15 is 0 Å². The lowest BCUT2D eigenvalue weighted by Gasteiger charge is -2.03. The number of aliphatic imine (C=N–C) groups is 1. The van der Waals surface area contributed by atoms with Crippen LogP contribution in [0.3, 0.4) is 0 Å². The predicted molar refractivity (Wildman–Crippen MR) is 71.0 cm³/mol. The van der Waals surface area contributed by atoms with Crippen LogP contribution in [0.25, 0.3) is 0 Å². The van der Waals surface area contributed by atoms with Crippen LogP contribution in [0.1, 0.15) is 27.2 Å². The number of carbonyl (C=O) groups excluding carboxylic acids is 1. The normalized spacial score (nSPS) is 11.7. The van der Waals surface area contributed by atoms with E-state index in [2.05, 4.69) is 9.73 Å². The molecule has 0 saturated heterocycles. The van der Waals surface area contributed by atoms with Crippen LogP contribution in [0.5, 0.6) is 0 Å². The van der Waals surface area contributed by atoms with Gasteiger partial charge in [-0.2, -0.15) is 4.99 Å². The summed E-state index contributed by atoms with van der Waals surface area (Å²) in [4.78, 5) is 41.5. The van der Waals surface area contributed by atoms with E-state index < -0.39 is 38.0 Å². The lowest BCUT2D eigenvalue weighted by molar-refractivity contribution is -0.129. The molecule has 0 aliphatic carbocycles. The van der Waals surface area contributed by atoms with Crippen molar-refractivity contribution < 1.29 is 38.9 Å². The largest absolute Gasteiger partial charge is 0.477 e. The van der Waals surface area contributed by atoms with Crippen molar-refractivity contribution in [1.29, 1.82) is 0 Å². The second-order valence-corrected chi connectivity index (χ2v) is 5.57. The van der Waals surface area contributed by atoms with E-state index in [4.69, 9.17) is 20.0 Å². The fraction of sp³-hybridized carbons (Fsp3) is 0.700. The van der Waals surface area contributed by atoms with Crippen molar-refractivity contribution in [3.8, 4) is 0 Å². The molecule has 0 aromatic carbocycles. The van der Waals surface area contributed by atoms with Gasteiger partial charge in [0, 0.05) is 12.5 Å². The number of carboxylic acid groups (broad SMARTS) is 1. The molecule has 0 fully saturated rings. The van der Waals surface area contributed by atoms with E-state index in [1.165, 1.54) is 6.92 Å². The molecule has 0 atom stereocenters. The Morgan fingerprint density at radius 2 is 1.75 bits per heavy atom. The Morgan fingerprint density at radius 3 is 2.05 bits per heavy atom. The molecule has 0 heterocycles. The summed E-state index contributed by atoms with van der Waals surface area (Å²) >= 11 is 0. The van der Waals surface area contributed by atoms with E-state index in [0.717, 1.165) is 0 Å². The molecule has 9 nitrogen and oxygen atoms in total. The van der Waals surface area contributed by atoms with Crippen molar-refractivity contribution >= 4 is 25.4 Å². The van der Waals surface area contributed by atoms with Crippen LogP contribution in [0.15, 0.2) is 4.99 Å². The topological polar surface area (TPSA) is 154 Å². The average Bonchev–Trinajstić information content (AvgIpc) is 2.22.